The Hall–Kier alpha value is -1.64. The Kier molecular flexibility index (Phi) is 3.02. The normalized spacial score (nSPS) is 14.1. The summed E-state index contributed by atoms with van der Waals surface area (Å²) in [6.45, 7) is 1.54. The van der Waals surface area contributed by atoms with Crippen LogP contribution in [0.1, 0.15) is 12.5 Å². The van der Waals surface area contributed by atoms with E-state index in [1.165, 1.54) is 7.11 Å². The Bertz CT molecular complexity index is 332. The van der Waals surface area contributed by atoms with Gasteiger partial charge in [-0.1, -0.05) is 30.3 Å². The molecule has 0 spiro atoms. The van der Waals surface area contributed by atoms with Gasteiger partial charge in [-0.2, -0.15) is 0 Å². The molecule has 0 aliphatic heterocycles. The van der Waals surface area contributed by atoms with E-state index < -0.39 is 11.4 Å². The number of esters is 1. The summed E-state index contributed by atoms with van der Waals surface area (Å²) in [7, 11) is 1.27. The number of carbonyl (C=O) groups excluding carboxylic acids is 2. The van der Waals surface area contributed by atoms with Crippen molar-refractivity contribution in [1.82, 2.24) is 0 Å². The van der Waals surface area contributed by atoms with E-state index >= 15 is 0 Å². The molecule has 0 saturated carbocycles. The molecule has 0 N–H and O–H groups in total. The SMILES string of the molecule is COC(=O)C(C)(C=O)c1ccccc1. The Morgan fingerprint density at radius 3 is 2.36 bits per heavy atom. The van der Waals surface area contributed by atoms with Crippen molar-refractivity contribution in [1.29, 1.82) is 0 Å². The number of hydrogen-bond acceptors (Lipinski definition) is 3. The summed E-state index contributed by atoms with van der Waals surface area (Å²) in [5.74, 6) is -0.543. The van der Waals surface area contributed by atoms with Crippen LogP contribution >= 0.6 is 0 Å². The van der Waals surface area contributed by atoms with E-state index in [4.69, 9.17) is 0 Å². The van der Waals surface area contributed by atoms with E-state index in [1.54, 1.807) is 31.2 Å². The molecule has 0 aliphatic carbocycles. The Morgan fingerprint density at radius 1 is 1.36 bits per heavy atom. The molecule has 0 radical (unpaired) electrons. The van der Waals surface area contributed by atoms with Gasteiger partial charge in [-0.3, -0.25) is 4.79 Å². The van der Waals surface area contributed by atoms with Crippen molar-refractivity contribution >= 4 is 12.3 Å². The quantitative estimate of drug-likeness (QED) is 0.412. The third-order valence-electron chi connectivity index (χ3n) is 2.22. The monoisotopic (exact) mass is 192 g/mol. The number of hydrogen-bond donors (Lipinski definition) is 0. The van der Waals surface area contributed by atoms with Crippen molar-refractivity contribution in [2.75, 3.05) is 7.11 Å². The average molecular weight is 192 g/mol. The predicted octanol–water partition coefficient (Wildman–Crippen LogP) is 1.32. The van der Waals surface area contributed by atoms with Crippen molar-refractivity contribution in [3.8, 4) is 0 Å². The van der Waals surface area contributed by atoms with Crippen LogP contribution < -0.4 is 0 Å². The van der Waals surface area contributed by atoms with Gasteiger partial charge < -0.3 is 9.53 Å². The first-order valence-electron chi connectivity index (χ1n) is 4.25. The molecular formula is C11H12O3. The second-order valence-corrected chi connectivity index (χ2v) is 3.18. The maximum absolute atomic E-state index is 11.4. The number of rotatable bonds is 3. The molecule has 14 heavy (non-hydrogen) atoms. The van der Waals surface area contributed by atoms with E-state index in [0.29, 0.717) is 11.8 Å². The number of methoxy groups -OCH3 is 1. The highest BCUT2D eigenvalue weighted by Gasteiger charge is 2.35. The van der Waals surface area contributed by atoms with Gasteiger partial charge in [-0.25, -0.2) is 0 Å². The molecule has 3 nitrogen and oxygen atoms in total. The Labute approximate surface area is 82.7 Å². The van der Waals surface area contributed by atoms with Crippen molar-refractivity contribution in [3.05, 3.63) is 35.9 Å². The lowest BCUT2D eigenvalue weighted by Crippen LogP contribution is -2.35. The number of benzene rings is 1. The van der Waals surface area contributed by atoms with Gasteiger partial charge in [0.15, 0.2) is 0 Å². The summed E-state index contributed by atoms with van der Waals surface area (Å²) in [5.41, 5.74) is -0.558. The van der Waals surface area contributed by atoms with E-state index in [9.17, 15) is 9.59 Å². The fourth-order valence-corrected chi connectivity index (χ4v) is 1.23. The molecule has 0 heterocycles. The minimum Gasteiger partial charge on any atom is -0.468 e. The minimum absolute atomic E-state index is 0.543. The van der Waals surface area contributed by atoms with Crippen LogP contribution in [0.3, 0.4) is 0 Å². The van der Waals surface area contributed by atoms with Crippen LogP contribution in [-0.2, 0) is 19.7 Å². The van der Waals surface area contributed by atoms with Gasteiger partial charge in [0.25, 0.3) is 0 Å². The predicted molar refractivity (Wildman–Crippen MR) is 51.9 cm³/mol. The molecule has 0 fully saturated rings. The van der Waals surface area contributed by atoms with Crippen LogP contribution in [0.5, 0.6) is 0 Å². The summed E-state index contributed by atoms with van der Waals surface area (Å²) in [6, 6.07) is 8.84. The van der Waals surface area contributed by atoms with Crippen LogP contribution in [0, 0.1) is 0 Å². The first-order chi connectivity index (χ1) is 6.65. The third kappa shape index (κ3) is 1.66. The molecule has 1 unspecified atom stereocenters. The molecule has 0 saturated heterocycles. The maximum atomic E-state index is 11.4. The molecule has 1 atom stereocenters. The summed E-state index contributed by atoms with van der Waals surface area (Å²) in [6.07, 6.45) is 0.605. The van der Waals surface area contributed by atoms with Crippen LogP contribution in [-0.4, -0.2) is 19.4 Å². The van der Waals surface area contributed by atoms with Gasteiger partial charge in [0.2, 0.25) is 0 Å². The van der Waals surface area contributed by atoms with E-state index in [0.717, 1.165) is 0 Å². The molecule has 1 rings (SSSR count). The molecule has 1 aromatic carbocycles. The lowest BCUT2D eigenvalue weighted by molar-refractivity contribution is -0.148. The van der Waals surface area contributed by atoms with Crippen molar-refractivity contribution in [2.45, 2.75) is 12.3 Å². The number of carbonyl (C=O) groups is 2. The summed E-state index contributed by atoms with van der Waals surface area (Å²) < 4.78 is 4.59. The third-order valence-corrected chi connectivity index (χ3v) is 2.22. The highest BCUT2D eigenvalue weighted by molar-refractivity contribution is 5.99. The maximum Gasteiger partial charge on any atom is 0.323 e. The molecule has 3 heteroatoms. The van der Waals surface area contributed by atoms with Gasteiger partial charge in [0, 0.05) is 0 Å². The zero-order chi connectivity index (χ0) is 10.6. The van der Waals surface area contributed by atoms with E-state index in [2.05, 4.69) is 4.74 Å². The molecule has 0 bridgehead atoms. The van der Waals surface area contributed by atoms with Crippen molar-refractivity contribution in [2.24, 2.45) is 0 Å². The lowest BCUT2D eigenvalue weighted by atomic mass is 9.84. The lowest BCUT2D eigenvalue weighted by Gasteiger charge is -2.19. The van der Waals surface area contributed by atoms with Crippen LogP contribution in [0.25, 0.3) is 0 Å². The molecule has 0 amide bonds. The zero-order valence-electron chi connectivity index (χ0n) is 8.19. The standard InChI is InChI=1S/C11H12O3/c1-11(8-12,10(13)14-2)9-6-4-3-5-7-9/h3-8H,1-2H3. The van der Waals surface area contributed by atoms with Crippen LogP contribution in [0.15, 0.2) is 30.3 Å². The van der Waals surface area contributed by atoms with Gasteiger partial charge in [-0.15, -0.1) is 0 Å². The second kappa shape index (κ2) is 4.05. The van der Waals surface area contributed by atoms with Gasteiger partial charge in [0.05, 0.1) is 7.11 Å². The van der Waals surface area contributed by atoms with E-state index in [1.807, 2.05) is 6.07 Å². The Morgan fingerprint density at radius 2 is 1.93 bits per heavy atom. The fraction of sp³-hybridized carbons (Fsp3) is 0.273. The summed E-state index contributed by atoms with van der Waals surface area (Å²) >= 11 is 0. The molecule has 0 aliphatic rings. The highest BCUT2D eigenvalue weighted by Crippen LogP contribution is 2.22. The minimum atomic E-state index is -1.20. The fourth-order valence-electron chi connectivity index (χ4n) is 1.23. The largest absolute Gasteiger partial charge is 0.468 e. The van der Waals surface area contributed by atoms with E-state index in [-0.39, 0.29) is 0 Å². The number of ether oxygens (including phenoxy) is 1. The zero-order valence-corrected chi connectivity index (χ0v) is 8.19. The molecular weight excluding hydrogens is 180 g/mol. The topological polar surface area (TPSA) is 43.4 Å². The first-order valence-corrected chi connectivity index (χ1v) is 4.25. The molecule has 0 aromatic heterocycles. The summed E-state index contributed by atoms with van der Waals surface area (Å²) in [5, 5.41) is 0. The number of aldehydes is 1. The summed E-state index contributed by atoms with van der Waals surface area (Å²) in [4.78, 5) is 22.3. The van der Waals surface area contributed by atoms with Crippen LogP contribution in [0.4, 0.5) is 0 Å². The smallest absolute Gasteiger partial charge is 0.323 e. The second-order valence-electron chi connectivity index (χ2n) is 3.18. The van der Waals surface area contributed by atoms with Gasteiger partial charge in [0.1, 0.15) is 11.7 Å². The Balaban J connectivity index is 3.14. The molecule has 74 valence electrons. The molecule has 1 aromatic rings. The highest BCUT2D eigenvalue weighted by atomic mass is 16.5. The average Bonchev–Trinajstić information content (AvgIpc) is 2.28. The van der Waals surface area contributed by atoms with Crippen molar-refractivity contribution < 1.29 is 14.3 Å². The first kappa shape index (κ1) is 10.4. The van der Waals surface area contributed by atoms with Gasteiger partial charge in [-0.05, 0) is 12.5 Å². The van der Waals surface area contributed by atoms with Crippen molar-refractivity contribution in [3.63, 3.8) is 0 Å². The van der Waals surface area contributed by atoms with Crippen LogP contribution in [0.2, 0.25) is 0 Å². The van der Waals surface area contributed by atoms with Gasteiger partial charge >= 0.3 is 5.97 Å².